The van der Waals surface area contributed by atoms with Gasteiger partial charge in [-0.1, -0.05) is 6.07 Å². The number of ether oxygens (including phenoxy) is 2. The highest BCUT2D eigenvalue weighted by atomic mass is 16.5. The Kier molecular flexibility index (Phi) is 5.88. The zero-order valence-corrected chi connectivity index (χ0v) is 13.1. The highest BCUT2D eigenvalue weighted by molar-refractivity contribution is 5.32. The Morgan fingerprint density at radius 3 is 2.71 bits per heavy atom. The summed E-state index contributed by atoms with van der Waals surface area (Å²) in [6.45, 7) is 2.99. The normalized spacial score (nSPS) is 17.3. The van der Waals surface area contributed by atoms with Gasteiger partial charge in [0.1, 0.15) is 11.5 Å². The first-order valence-electron chi connectivity index (χ1n) is 7.81. The van der Waals surface area contributed by atoms with Crippen LogP contribution in [0, 0.1) is 0 Å². The van der Waals surface area contributed by atoms with Gasteiger partial charge in [0.05, 0.1) is 20.3 Å². The monoisotopic (exact) mass is 293 g/mol. The molecule has 2 rings (SSSR count). The van der Waals surface area contributed by atoms with Gasteiger partial charge < -0.3 is 19.9 Å². The Hall–Kier alpha value is -1.26. The van der Waals surface area contributed by atoms with E-state index >= 15 is 0 Å². The summed E-state index contributed by atoms with van der Waals surface area (Å²) < 4.78 is 10.9. The molecular weight excluding hydrogens is 266 g/mol. The summed E-state index contributed by atoms with van der Waals surface area (Å²) in [4.78, 5) is 0. The van der Waals surface area contributed by atoms with E-state index in [1.165, 1.54) is 12.8 Å². The molecule has 0 bridgehead atoms. The molecule has 1 unspecified atom stereocenters. The lowest BCUT2D eigenvalue weighted by molar-refractivity contribution is 0.158. The van der Waals surface area contributed by atoms with E-state index in [1.54, 1.807) is 7.11 Å². The number of unbranched alkanes of at least 4 members (excludes halogenated alkanes) is 1. The van der Waals surface area contributed by atoms with E-state index < -0.39 is 0 Å². The maximum absolute atomic E-state index is 9.55. The van der Waals surface area contributed by atoms with E-state index in [-0.39, 0.29) is 12.1 Å². The van der Waals surface area contributed by atoms with E-state index in [4.69, 9.17) is 9.47 Å². The number of nitrogens with one attached hydrogen (secondary N) is 1. The van der Waals surface area contributed by atoms with Crippen molar-refractivity contribution >= 4 is 0 Å². The van der Waals surface area contributed by atoms with Gasteiger partial charge in [-0.05, 0) is 51.2 Å². The zero-order chi connectivity index (χ0) is 15.1. The third-order valence-electron chi connectivity index (χ3n) is 3.91. The van der Waals surface area contributed by atoms with Crippen LogP contribution in [-0.4, -0.2) is 37.0 Å². The van der Waals surface area contributed by atoms with Crippen molar-refractivity contribution in [3.8, 4) is 11.5 Å². The largest absolute Gasteiger partial charge is 0.497 e. The second-order valence-electron chi connectivity index (χ2n) is 6.12. The number of aliphatic hydroxyl groups is 1. The van der Waals surface area contributed by atoms with E-state index in [1.807, 2.05) is 24.3 Å². The molecule has 21 heavy (non-hydrogen) atoms. The van der Waals surface area contributed by atoms with Gasteiger partial charge in [-0.15, -0.1) is 0 Å². The summed E-state index contributed by atoms with van der Waals surface area (Å²) in [5.74, 6) is 1.66. The predicted octanol–water partition coefficient (Wildman–Crippen LogP) is 2.75. The Morgan fingerprint density at radius 2 is 2.05 bits per heavy atom. The summed E-state index contributed by atoms with van der Waals surface area (Å²) in [5, 5.41) is 13.1. The van der Waals surface area contributed by atoms with Gasteiger partial charge in [-0.25, -0.2) is 0 Å². The Balaban J connectivity index is 1.64. The zero-order valence-electron chi connectivity index (χ0n) is 13.1. The van der Waals surface area contributed by atoms with Gasteiger partial charge in [-0.2, -0.15) is 0 Å². The number of benzene rings is 1. The van der Waals surface area contributed by atoms with Crippen LogP contribution in [0.4, 0.5) is 0 Å². The molecule has 0 aromatic heterocycles. The lowest BCUT2D eigenvalue weighted by Crippen LogP contribution is -2.46. The first kappa shape index (κ1) is 16.1. The molecule has 0 radical (unpaired) electrons. The van der Waals surface area contributed by atoms with Crippen LogP contribution < -0.4 is 14.8 Å². The number of hydrogen-bond donors (Lipinski definition) is 2. The first-order valence-corrected chi connectivity index (χ1v) is 7.81. The van der Waals surface area contributed by atoms with Crippen LogP contribution in [0.2, 0.25) is 0 Å². The van der Waals surface area contributed by atoms with E-state index in [0.29, 0.717) is 12.6 Å². The minimum atomic E-state index is -0.142. The van der Waals surface area contributed by atoms with E-state index in [0.717, 1.165) is 30.8 Å². The van der Waals surface area contributed by atoms with Crippen molar-refractivity contribution in [2.24, 2.45) is 0 Å². The molecule has 1 fully saturated rings. The summed E-state index contributed by atoms with van der Waals surface area (Å²) in [6, 6.07) is 8.29. The third kappa shape index (κ3) is 5.56. The minimum Gasteiger partial charge on any atom is -0.497 e. The molecule has 118 valence electrons. The molecule has 2 N–H and O–H groups in total. The summed E-state index contributed by atoms with van der Waals surface area (Å²) >= 11 is 0. The first-order chi connectivity index (χ1) is 10.1. The fraction of sp³-hybridized carbons (Fsp3) is 0.647. The van der Waals surface area contributed by atoms with Crippen molar-refractivity contribution in [2.45, 2.75) is 50.6 Å². The maximum Gasteiger partial charge on any atom is 0.122 e. The Morgan fingerprint density at radius 1 is 1.29 bits per heavy atom. The van der Waals surface area contributed by atoms with Crippen molar-refractivity contribution in [2.75, 3.05) is 20.3 Å². The van der Waals surface area contributed by atoms with Crippen LogP contribution in [0.25, 0.3) is 0 Å². The van der Waals surface area contributed by atoms with Gasteiger partial charge >= 0.3 is 0 Å². The fourth-order valence-electron chi connectivity index (χ4n) is 2.42. The minimum absolute atomic E-state index is 0.142. The second kappa shape index (κ2) is 7.66. The number of aliphatic hydroxyl groups excluding tert-OH is 1. The topological polar surface area (TPSA) is 50.7 Å². The summed E-state index contributed by atoms with van der Waals surface area (Å²) in [5.41, 5.74) is -0.142. The molecule has 1 saturated carbocycles. The molecule has 0 spiro atoms. The molecule has 0 heterocycles. The molecular formula is C17H27NO3. The van der Waals surface area contributed by atoms with Crippen molar-refractivity contribution in [3.05, 3.63) is 24.3 Å². The lowest BCUT2D eigenvalue weighted by atomic mass is 9.95. The lowest BCUT2D eigenvalue weighted by Gasteiger charge is -2.29. The smallest absolute Gasteiger partial charge is 0.122 e. The van der Waals surface area contributed by atoms with Crippen LogP contribution in [-0.2, 0) is 0 Å². The quantitative estimate of drug-likeness (QED) is 0.651. The third-order valence-corrected chi connectivity index (χ3v) is 3.91. The summed E-state index contributed by atoms with van der Waals surface area (Å²) in [6.07, 6.45) is 5.49. The molecule has 1 aliphatic rings. The average molecular weight is 293 g/mol. The number of rotatable bonds is 10. The molecule has 1 aromatic carbocycles. The molecule has 1 aliphatic carbocycles. The van der Waals surface area contributed by atoms with Gasteiger partial charge in [0.2, 0.25) is 0 Å². The molecule has 4 nitrogen and oxygen atoms in total. The number of hydrogen-bond acceptors (Lipinski definition) is 4. The van der Waals surface area contributed by atoms with Crippen molar-refractivity contribution in [1.29, 1.82) is 0 Å². The SMILES string of the molecule is COc1cccc(OCCCCC(C)(CO)NC2CC2)c1. The highest BCUT2D eigenvalue weighted by Gasteiger charge is 2.31. The molecule has 0 saturated heterocycles. The average Bonchev–Trinajstić information content (AvgIpc) is 3.31. The Bertz CT molecular complexity index is 434. The van der Waals surface area contributed by atoms with Crippen molar-refractivity contribution < 1.29 is 14.6 Å². The van der Waals surface area contributed by atoms with Crippen LogP contribution >= 0.6 is 0 Å². The Labute approximate surface area is 127 Å². The fourth-order valence-corrected chi connectivity index (χ4v) is 2.42. The second-order valence-corrected chi connectivity index (χ2v) is 6.12. The highest BCUT2D eigenvalue weighted by Crippen LogP contribution is 2.25. The van der Waals surface area contributed by atoms with E-state index in [9.17, 15) is 5.11 Å². The molecule has 0 aliphatic heterocycles. The molecule has 0 amide bonds. The number of methoxy groups -OCH3 is 1. The standard InChI is InChI=1S/C17H27NO3/c1-17(13-19,18-14-8-9-14)10-3-4-11-21-16-7-5-6-15(12-16)20-2/h5-7,12,14,18-19H,3-4,8-11,13H2,1-2H3. The van der Waals surface area contributed by atoms with E-state index in [2.05, 4.69) is 12.2 Å². The van der Waals surface area contributed by atoms with Crippen LogP contribution in [0.5, 0.6) is 11.5 Å². The van der Waals surface area contributed by atoms with Crippen molar-refractivity contribution in [3.63, 3.8) is 0 Å². The molecule has 1 atom stereocenters. The maximum atomic E-state index is 9.55. The van der Waals surface area contributed by atoms with Gasteiger partial charge in [0, 0.05) is 17.6 Å². The molecule has 4 heteroatoms. The van der Waals surface area contributed by atoms with Crippen LogP contribution in [0.1, 0.15) is 39.0 Å². The van der Waals surface area contributed by atoms with Crippen molar-refractivity contribution in [1.82, 2.24) is 5.32 Å². The summed E-state index contributed by atoms with van der Waals surface area (Å²) in [7, 11) is 1.65. The molecule has 1 aromatic rings. The van der Waals surface area contributed by atoms with Gasteiger partial charge in [0.15, 0.2) is 0 Å². The van der Waals surface area contributed by atoms with Crippen LogP contribution in [0.15, 0.2) is 24.3 Å². The van der Waals surface area contributed by atoms with Gasteiger partial charge in [0.25, 0.3) is 0 Å². The van der Waals surface area contributed by atoms with Crippen LogP contribution in [0.3, 0.4) is 0 Å². The van der Waals surface area contributed by atoms with Gasteiger partial charge in [-0.3, -0.25) is 0 Å². The predicted molar refractivity (Wildman–Crippen MR) is 84.0 cm³/mol.